The average Bonchev–Trinajstić information content (AvgIpc) is 2.93. The number of thiazole rings is 1. The first kappa shape index (κ1) is 14.9. The molecule has 1 aromatic heterocycles. The summed E-state index contributed by atoms with van der Waals surface area (Å²) in [6, 6.07) is 12.2. The predicted octanol–water partition coefficient (Wildman–Crippen LogP) is 5.45. The summed E-state index contributed by atoms with van der Waals surface area (Å²) in [5.41, 5.74) is 4.49. The Morgan fingerprint density at radius 3 is 2.64 bits per heavy atom. The van der Waals surface area contributed by atoms with Crippen LogP contribution in [-0.2, 0) is 0 Å². The molecule has 0 radical (unpaired) electrons. The number of nitrogens with zero attached hydrogens (tertiary/aromatic N) is 1. The number of hydrogen-bond acceptors (Lipinski definition) is 4. The highest BCUT2D eigenvalue weighted by Gasteiger charge is 2.13. The summed E-state index contributed by atoms with van der Waals surface area (Å²) in [6.07, 6.45) is 1.01. The largest absolute Gasteiger partial charge is 0.493 e. The van der Waals surface area contributed by atoms with E-state index in [0.29, 0.717) is 0 Å². The third-order valence-corrected chi connectivity index (χ3v) is 4.61. The van der Waals surface area contributed by atoms with Gasteiger partial charge in [0.15, 0.2) is 5.13 Å². The van der Waals surface area contributed by atoms with Crippen molar-refractivity contribution in [3.8, 4) is 5.75 Å². The van der Waals surface area contributed by atoms with Crippen molar-refractivity contribution in [2.45, 2.75) is 27.2 Å². The molecule has 0 aliphatic carbocycles. The monoisotopic (exact) mass is 312 g/mol. The molecule has 3 nitrogen and oxygen atoms in total. The molecular weight excluding hydrogens is 292 g/mol. The van der Waals surface area contributed by atoms with Crippen LogP contribution >= 0.6 is 11.3 Å². The maximum atomic E-state index is 5.86. The van der Waals surface area contributed by atoms with Crippen molar-refractivity contribution in [2.24, 2.45) is 0 Å². The van der Waals surface area contributed by atoms with E-state index < -0.39 is 0 Å². The summed E-state index contributed by atoms with van der Waals surface area (Å²) < 4.78 is 7.02. The normalized spacial score (nSPS) is 10.9. The van der Waals surface area contributed by atoms with Gasteiger partial charge in [0.1, 0.15) is 5.75 Å². The Bertz CT molecular complexity index is 781. The molecule has 1 heterocycles. The van der Waals surface area contributed by atoms with Crippen molar-refractivity contribution in [2.75, 3.05) is 11.9 Å². The fourth-order valence-electron chi connectivity index (χ4n) is 2.35. The van der Waals surface area contributed by atoms with Crippen molar-refractivity contribution in [1.29, 1.82) is 0 Å². The molecule has 2 aromatic carbocycles. The molecule has 0 aliphatic heterocycles. The first-order valence-corrected chi connectivity index (χ1v) is 8.36. The van der Waals surface area contributed by atoms with E-state index in [4.69, 9.17) is 9.72 Å². The zero-order chi connectivity index (χ0) is 15.5. The summed E-state index contributed by atoms with van der Waals surface area (Å²) in [6.45, 7) is 7.08. The van der Waals surface area contributed by atoms with E-state index in [9.17, 15) is 0 Å². The molecule has 114 valence electrons. The Balaban J connectivity index is 1.97. The highest BCUT2D eigenvalue weighted by Crippen LogP contribution is 2.36. The van der Waals surface area contributed by atoms with Gasteiger partial charge in [-0.05, 0) is 49.6 Å². The second kappa shape index (κ2) is 6.36. The van der Waals surface area contributed by atoms with Crippen LogP contribution in [-0.4, -0.2) is 11.6 Å². The fourth-order valence-corrected chi connectivity index (χ4v) is 3.32. The fraction of sp³-hybridized carbons (Fsp3) is 0.278. The second-order valence-electron chi connectivity index (χ2n) is 5.33. The lowest BCUT2D eigenvalue weighted by molar-refractivity contribution is 0.315. The van der Waals surface area contributed by atoms with Crippen LogP contribution < -0.4 is 10.1 Å². The van der Waals surface area contributed by atoms with Gasteiger partial charge in [0.25, 0.3) is 0 Å². The summed E-state index contributed by atoms with van der Waals surface area (Å²) in [5.74, 6) is 0.974. The Morgan fingerprint density at radius 1 is 1.14 bits per heavy atom. The zero-order valence-electron chi connectivity index (χ0n) is 13.1. The van der Waals surface area contributed by atoms with E-state index in [2.05, 4.69) is 32.2 Å². The van der Waals surface area contributed by atoms with E-state index in [-0.39, 0.29) is 0 Å². The zero-order valence-corrected chi connectivity index (χ0v) is 14.0. The van der Waals surface area contributed by atoms with Crippen LogP contribution in [0, 0.1) is 13.8 Å². The Labute approximate surface area is 135 Å². The maximum absolute atomic E-state index is 5.86. The van der Waals surface area contributed by atoms with Crippen molar-refractivity contribution in [3.05, 3.63) is 47.5 Å². The van der Waals surface area contributed by atoms with E-state index in [0.717, 1.165) is 39.8 Å². The molecule has 3 rings (SSSR count). The maximum Gasteiger partial charge on any atom is 0.188 e. The number of fused-ring (bicyclic) bond motifs is 1. The quantitative estimate of drug-likeness (QED) is 0.680. The van der Waals surface area contributed by atoms with Gasteiger partial charge in [-0.15, -0.1) is 0 Å². The number of benzene rings is 2. The standard InChI is InChI=1S/C18H20N2OS/c1-4-10-21-15-11-16-17(13(3)12(15)2)20-18(22-16)19-14-8-6-5-7-9-14/h5-9,11H,4,10H2,1-3H3,(H,19,20). The van der Waals surface area contributed by atoms with Crippen molar-refractivity contribution in [1.82, 2.24) is 4.98 Å². The predicted molar refractivity (Wildman–Crippen MR) is 94.6 cm³/mol. The highest BCUT2D eigenvalue weighted by molar-refractivity contribution is 7.22. The first-order chi connectivity index (χ1) is 10.7. The summed E-state index contributed by atoms with van der Waals surface area (Å²) in [5, 5.41) is 4.28. The van der Waals surface area contributed by atoms with Gasteiger partial charge < -0.3 is 10.1 Å². The summed E-state index contributed by atoms with van der Waals surface area (Å²) >= 11 is 1.66. The van der Waals surface area contributed by atoms with Gasteiger partial charge in [-0.25, -0.2) is 4.98 Å². The molecule has 0 amide bonds. The number of aryl methyl sites for hydroxylation is 1. The number of anilines is 2. The van der Waals surface area contributed by atoms with E-state index in [1.165, 1.54) is 11.1 Å². The number of para-hydroxylation sites is 1. The van der Waals surface area contributed by atoms with Gasteiger partial charge in [0, 0.05) is 5.69 Å². The number of ether oxygens (including phenoxy) is 1. The van der Waals surface area contributed by atoms with E-state index in [1.807, 2.05) is 30.3 Å². The summed E-state index contributed by atoms with van der Waals surface area (Å²) in [7, 11) is 0. The number of rotatable bonds is 5. The molecule has 0 aliphatic rings. The Kier molecular flexibility index (Phi) is 4.29. The van der Waals surface area contributed by atoms with Gasteiger partial charge in [0.2, 0.25) is 0 Å². The Morgan fingerprint density at radius 2 is 1.91 bits per heavy atom. The molecule has 0 bridgehead atoms. The van der Waals surface area contributed by atoms with Gasteiger partial charge in [-0.2, -0.15) is 0 Å². The molecule has 3 aromatic rings. The third kappa shape index (κ3) is 2.92. The molecule has 0 spiro atoms. The number of aromatic nitrogens is 1. The van der Waals surface area contributed by atoms with Gasteiger partial charge >= 0.3 is 0 Å². The van der Waals surface area contributed by atoms with Crippen LogP contribution in [0.3, 0.4) is 0 Å². The van der Waals surface area contributed by atoms with Crippen LogP contribution in [0.4, 0.5) is 10.8 Å². The Hall–Kier alpha value is -2.07. The van der Waals surface area contributed by atoms with Crippen LogP contribution in [0.5, 0.6) is 5.75 Å². The molecule has 22 heavy (non-hydrogen) atoms. The molecule has 0 atom stereocenters. The molecule has 4 heteroatoms. The van der Waals surface area contributed by atoms with Crippen molar-refractivity contribution >= 4 is 32.4 Å². The van der Waals surface area contributed by atoms with Crippen LogP contribution in [0.15, 0.2) is 36.4 Å². The molecule has 0 saturated heterocycles. The summed E-state index contributed by atoms with van der Waals surface area (Å²) in [4.78, 5) is 4.74. The lowest BCUT2D eigenvalue weighted by Crippen LogP contribution is -1.98. The molecule has 1 N–H and O–H groups in total. The minimum atomic E-state index is 0.750. The first-order valence-electron chi connectivity index (χ1n) is 7.54. The van der Waals surface area contributed by atoms with E-state index >= 15 is 0 Å². The molecular formula is C18H20N2OS. The molecule has 0 unspecified atom stereocenters. The number of nitrogens with one attached hydrogen (secondary N) is 1. The number of hydrogen-bond donors (Lipinski definition) is 1. The van der Waals surface area contributed by atoms with Crippen molar-refractivity contribution in [3.63, 3.8) is 0 Å². The lowest BCUT2D eigenvalue weighted by Gasteiger charge is -2.10. The second-order valence-corrected chi connectivity index (χ2v) is 6.36. The van der Waals surface area contributed by atoms with E-state index in [1.54, 1.807) is 11.3 Å². The minimum absolute atomic E-state index is 0.750. The van der Waals surface area contributed by atoms with Gasteiger partial charge in [-0.1, -0.05) is 36.5 Å². The minimum Gasteiger partial charge on any atom is -0.493 e. The van der Waals surface area contributed by atoms with Crippen molar-refractivity contribution < 1.29 is 4.74 Å². The topological polar surface area (TPSA) is 34.1 Å². The smallest absolute Gasteiger partial charge is 0.188 e. The molecule has 0 saturated carbocycles. The van der Waals surface area contributed by atoms with Crippen LogP contribution in [0.2, 0.25) is 0 Å². The van der Waals surface area contributed by atoms with Gasteiger partial charge in [-0.3, -0.25) is 0 Å². The average molecular weight is 312 g/mol. The van der Waals surface area contributed by atoms with Crippen LogP contribution in [0.25, 0.3) is 10.2 Å². The highest BCUT2D eigenvalue weighted by atomic mass is 32.1. The van der Waals surface area contributed by atoms with Crippen LogP contribution in [0.1, 0.15) is 24.5 Å². The lowest BCUT2D eigenvalue weighted by atomic mass is 10.1. The SMILES string of the molecule is CCCOc1cc2sc(Nc3ccccc3)nc2c(C)c1C. The molecule has 0 fully saturated rings. The third-order valence-electron chi connectivity index (χ3n) is 3.69. The van der Waals surface area contributed by atoms with Gasteiger partial charge in [0.05, 0.1) is 16.8 Å².